The van der Waals surface area contributed by atoms with Crippen LogP contribution in [0.15, 0.2) is 0 Å². The van der Waals surface area contributed by atoms with Crippen LogP contribution in [0.4, 0.5) is 0 Å². The zero-order chi connectivity index (χ0) is 12.7. The van der Waals surface area contributed by atoms with Crippen LogP contribution >= 0.6 is 0 Å². The maximum absolute atomic E-state index is 11.1. The van der Waals surface area contributed by atoms with Gasteiger partial charge in [0.2, 0.25) is 0 Å². The first-order valence-corrected chi connectivity index (χ1v) is 4.53. The molecule has 5 N–H and O–H groups in total. The third kappa shape index (κ3) is 5.27. The second-order valence-corrected chi connectivity index (χ2v) is 3.17. The Morgan fingerprint density at radius 2 is 1.88 bits per heavy atom. The summed E-state index contributed by atoms with van der Waals surface area (Å²) in [6.07, 6.45) is -0.853. The molecule has 0 rings (SSSR count). The predicted molar refractivity (Wildman–Crippen MR) is 44.9 cm³/mol. The SMILES string of the molecule is [NH3+][C@@H](CO)C(=O)N[C@@H](CCC(=O)[O-])C(=O)[O-]. The lowest BCUT2D eigenvalue weighted by molar-refractivity contribution is -0.409. The third-order valence-corrected chi connectivity index (χ3v) is 1.83. The van der Waals surface area contributed by atoms with Crippen molar-refractivity contribution in [2.75, 3.05) is 6.61 Å². The Bertz CT molecular complexity index is 280. The van der Waals surface area contributed by atoms with Crippen LogP contribution in [0, 0.1) is 0 Å². The molecule has 0 aromatic heterocycles. The van der Waals surface area contributed by atoms with Crippen LogP contribution in [0.25, 0.3) is 0 Å². The van der Waals surface area contributed by atoms with Gasteiger partial charge in [-0.1, -0.05) is 0 Å². The fourth-order valence-corrected chi connectivity index (χ4v) is 0.884. The van der Waals surface area contributed by atoms with Crippen molar-refractivity contribution in [3.8, 4) is 0 Å². The van der Waals surface area contributed by atoms with Crippen LogP contribution in [0.2, 0.25) is 0 Å². The van der Waals surface area contributed by atoms with Crippen LogP contribution in [-0.4, -0.2) is 41.6 Å². The van der Waals surface area contributed by atoms with E-state index in [9.17, 15) is 24.6 Å². The molecule has 0 spiro atoms. The smallest absolute Gasteiger partial charge is 0.281 e. The Hall–Kier alpha value is -1.67. The average molecular weight is 233 g/mol. The lowest BCUT2D eigenvalue weighted by atomic mass is 10.1. The molecule has 0 radical (unpaired) electrons. The van der Waals surface area contributed by atoms with E-state index in [0.717, 1.165) is 0 Å². The Labute approximate surface area is 91.1 Å². The quantitative estimate of drug-likeness (QED) is 0.397. The Kier molecular flexibility index (Phi) is 6.04. The predicted octanol–water partition coefficient (Wildman–Crippen LogP) is -5.65. The summed E-state index contributed by atoms with van der Waals surface area (Å²) in [6, 6.07) is -2.44. The molecule has 0 aliphatic carbocycles. The fraction of sp³-hybridized carbons (Fsp3) is 0.625. The highest BCUT2D eigenvalue weighted by atomic mass is 16.4. The van der Waals surface area contributed by atoms with Crippen molar-refractivity contribution in [1.82, 2.24) is 5.32 Å². The van der Waals surface area contributed by atoms with E-state index in [0.29, 0.717) is 0 Å². The molecule has 0 unspecified atom stereocenters. The van der Waals surface area contributed by atoms with Gasteiger partial charge in [0.05, 0.1) is 12.0 Å². The molecule has 0 aliphatic rings. The largest absolute Gasteiger partial charge is 0.550 e. The second kappa shape index (κ2) is 6.75. The summed E-state index contributed by atoms with van der Waals surface area (Å²) in [5, 5.41) is 31.2. The van der Waals surface area contributed by atoms with E-state index >= 15 is 0 Å². The number of carbonyl (C=O) groups excluding carboxylic acids is 3. The lowest BCUT2D eigenvalue weighted by Gasteiger charge is -2.20. The highest BCUT2D eigenvalue weighted by Crippen LogP contribution is 1.96. The monoisotopic (exact) mass is 233 g/mol. The summed E-state index contributed by atoms with van der Waals surface area (Å²) in [4.78, 5) is 31.8. The third-order valence-electron chi connectivity index (χ3n) is 1.83. The molecule has 0 bridgehead atoms. The van der Waals surface area contributed by atoms with Crippen molar-refractivity contribution in [3.63, 3.8) is 0 Å². The van der Waals surface area contributed by atoms with Gasteiger partial charge in [0.15, 0.2) is 6.04 Å². The highest BCUT2D eigenvalue weighted by molar-refractivity contribution is 5.85. The molecule has 1 amide bonds. The molecular formula is C8H13N2O6-. The van der Waals surface area contributed by atoms with E-state index < -0.39 is 43.0 Å². The number of aliphatic hydroxyl groups excluding tert-OH is 1. The molecule has 8 nitrogen and oxygen atoms in total. The number of carboxylic acids is 2. The number of aliphatic carboxylic acids is 2. The number of amides is 1. The normalized spacial score (nSPS) is 13.9. The maximum Gasteiger partial charge on any atom is 0.281 e. The van der Waals surface area contributed by atoms with Gasteiger partial charge >= 0.3 is 0 Å². The average Bonchev–Trinajstić information content (AvgIpc) is 2.21. The molecule has 2 atom stereocenters. The molecule has 0 heterocycles. The van der Waals surface area contributed by atoms with Gasteiger partial charge in [-0.2, -0.15) is 0 Å². The van der Waals surface area contributed by atoms with Gasteiger partial charge in [-0.05, 0) is 12.8 Å². The van der Waals surface area contributed by atoms with E-state index in [4.69, 9.17) is 5.11 Å². The number of quaternary nitrogens is 1. The number of carbonyl (C=O) groups is 3. The van der Waals surface area contributed by atoms with E-state index in [-0.39, 0.29) is 6.42 Å². The van der Waals surface area contributed by atoms with Crippen molar-refractivity contribution in [1.29, 1.82) is 0 Å². The minimum Gasteiger partial charge on any atom is -0.550 e. The topological polar surface area (TPSA) is 157 Å². The van der Waals surface area contributed by atoms with Crippen LogP contribution in [0.5, 0.6) is 0 Å². The molecule has 16 heavy (non-hydrogen) atoms. The number of rotatable bonds is 7. The van der Waals surface area contributed by atoms with Gasteiger partial charge in [-0.3, -0.25) is 4.79 Å². The first kappa shape index (κ1) is 14.3. The van der Waals surface area contributed by atoms with Crippen molar-refractivity contribution in [2.45, 2.75) is 24.9 Å². The molecule has 0 fully saturated rings. The minimum atomic E-state index is -1.60. The Morgan fingerprint density at radius 3 is 2.25 bits per heavy atom. The van der Waals surface area contributed by atoms with Crippen LogP contribution < -0.4 is 21.3 Å². The van der Waals surface area contributed by atoms with E-state index in [1.165, 1.54) is 0 Å². The summed E-state index contributed by atoms with van der Waals surface area (Å²) in [5.74, 6) is -3.80. The van der Waals surface area contributed by atoms with Gasteiger partial charge in [-0.25, -0.2) is 0 Å². The number of nitrogens with one attached hydrogen (secondary N) is 1. The zero-order valence-electron chi connectivity index (χ0n) is 8.47. The summed E-state index contributed by atoms with van der Waals surface area (Å²) in [5.41, 5.74) is 3.26. The molecule has 0 aromatic carbocycles. The Balaban J connectivity index is 4.28. The van der Waals surface area contributed by atoms with Gasteiger partial charge in [-0.15, -0.1) is 0 Å². The van der Waals surface area contributed by atoms with Crippen LogP contribution in [-0.2, 0) is 14.4 Å². The lowest BCUT2D eigenvalue weighted by Crippen LogP contribution is -2.70. The number of hydrogen-bond acceptors (Lipinski definition) is 6. The first-order valence-electron chi connectivity index (χ1n) is 4.53. The number of carboxylic acid groups (broad SMARTS) is 2. The molecule has 92 valence electrons. The van der Waals surface area contributed by atoms with E-state index in [1.54, 1.807) is 0 Å². The molecule has 0 aromatic rings. The maximum atomic E-state index is 11.1. The van der Waals surface area contributed by atoms with Gasteiger partial charge < -0.3 is 36.0 Å². The van der Waals surface area contributed by atoms with E-state index in [2.05, 4.69) is 5.73 Å². The number of hydrogen-bond donors (Lipinski definition) is 3. The standard InChI is InChI=1S/C8H14N2O6/c9-4(3-11)7(14)10-5(8(15)16)1-2-6(12)13/h4-5,11H,1-3,9H2,(H,10,14)(H,12,13)(H,15,16)/p-1/t4-,5-/m0/s1. The molecule has 8 heteroatoms. The highest BCUT2D eigenvalue weighted by Gasteiger charge is 2.20. The van der Waals surface area contributed by atoms with Gasteiger partial charge in [0.25, 0.3) is 5.91 Å². The van der Waals surface area contributed by atoms with Gasteiger partial charge in [0.1, 0.15) is 6.61 Å². The zero-order valence-corrected chi connectivity index (χ0v) is 8.47. The summed E-state index contributed by atoms with van der Waals surface area (Å²) in [6.45, 7) is -0.536. The molecular weight excluding hydrogens is 220 g/mol. The minimum absolute atomic E-state index is 0.339. The van der Waals surface area contributed by atoms with Crippen molar-refractivity contribution in [3.05, 3.63) is 0 Å². The van der Waals surface area contributed by atoms with Crippen molar-refractivity contribution in [2.24, 2.45) is 0 Å². The second-order valence-electron chi connectivity index (χ2n) is 3.17. The van der Waals surface area contributed by atoms with E-state index in [1.807, 2.05) is 5.32 Å². The summed E-state index contributed by atoms with van der Waals surface area (Å²) < 4.78 is 0. The summed E-state index contributed by atoms with van der Waals surface area (Å²) >= 11 is 0. The molecule has 0 saturated carbocycles. The van der Waals surface area contributed by atoms with Crippen molar-refractivity contribution >= 4 is 17.8 Å². The first-order chi connectivity index (χ1) is 7.38. The fourth-order valence-electron chi connectivity index (χ4n) is 0.884. The molecule has 0 aliphatic heterocycles. The number of aliphatic hydroxyl groups is 1. The van der Waals surface area contributed by atoms with Gasteiger partial charge in [0, 0.05) is 5.97 Å². The van der Waals surface area contributed by atoms with Crippen LogP contribution in [0.1, 0.15) is 12.8 Å². The molecule has 0 saturated heterocycles. The summed E-state index contributed by atoms with van der Waals surface area (Å²) in [7, 11) is 0. The van der Waals surface area contributed by atoms with Crippen LogP contribution in [0.3, 0.4) is 0 Å². The Morgan fingerprint density at radius 1 is 1.31 bits per heavy atom. The van der Waals surface area contributed by atoms with Crippen molar-refractivity contribution < 1.29 is 35.4 Å².